The molecule has 1 saturated carbocycles. The van der Waals surface area contributed by atoms with Crippen molar-refractivity contribution in [3.63, 3.8) is 0 Å². The van der Waals surface area contributed by atoms with Crippen molar-refractivity contribution in [2.75, 3.05) is 13.7 Å². The quantitative estimate of drug-likeness (QED) is 0.867. The summed E-state index contributed by atoms with van der Waals surface area (Å²) >= 11 is 0. The van der Waals surface area contributed by atoms with Crippen LogP contribution in [0, 0.1) is 5.92 Å². The maximum Gasteiger partial charge on any atom is 0.407 e. The Labute approximate surface area is 127 Å². The van der Waals surface area contributed by atoms with E-state index in [9.17, 15) is 9.59 Å². The molecule has 2 fully saturated rings. The summed E-state index contributed by atoms with van der Waals surface area (Å²) in [5.41, 5.74) is 0. The van der Waals surface area contributed by atoms with Crippen LogP contribution in [0.4, 0.5) is 4.79 Å². The van der Waals surface area contributed by atoms with Crippen molar-refractivity contribution < 1.29 is 14.3 Å². The summed E-state index contributed by atoms with van der Waals surface area (Å²) in [6.07, 6.45) is 8.21. The van der Waals surface area contributed by atoms with Gasteiger partial charge in [0.05, 0.1) is 7.11 Å². The van der Waals surface area contributed by atoms with Crippen LogP contribution in [0.5, 0.6) is 0 Å². The van der Waals surface area contributed by atoms with Crippen LogP contribution in [-0.2, 0) is 9.53 Å². The number of amides is 2. The molecule has 5 nitrogen and oxygen atoms in total. The lowest BCUT2D eigenvalue weighted by atomic mass is 9.83. The number of nitrogens with zero attached hydrogens (tertiary/aromatic N) is 1. The van der Waals surface area contributed by atoms with E-state index < -0.39 is 12.1 Å². The molecule has 120 valence electrons. The number of hydrogen-bond acceptors (Lipinski definition) is 3. The van der Waals surface area contributed by atoms with Crippen LogP contribution < -0.4 is 5.32 Å². The summed E-state index contributed by atoms with van der Waals surface area (Å²) < 4.78 is 4.72. The summed E-state index contributed by atoms with van der Waals surface area (Å²) in [5, 5.41) is 2.81. The van der Waals surface area contributed by atoms with Gasteiger partial charge >= 0.3 is 6.09 Å². The van der Waals surface area contributed by atoms with Crippen molar-refractivity contribution in [1.29, 1.82) is 0 Å². The van der Waals surface area contributed by atoms with Gasteiger partial charge in [0.25, 0.3) is 0 Å². The Balaban J connectivity index is 2.09. The Morgan fingerprint density at radius 3 is 2.52 bits per heavy atom. The van der Waals surface area contributed by atoms with Crippen molar-refractivity contribution >= 4 is 12.0 Å². The normalized spacial score (nSPS) is 24.7. The molecule has 0 aromatic heterocycles. The van der Waals surface area contributed by atoms with Crippen LogP contribution in [0.25, 0.3) is 0 Å². The summed E-state index contributed by atoms with van der Waals surface area (Å²) in [4.78, 5) is 26.5. The van der Waals surface area contributed by atoms with E-state index >= 15 is 0 Å². The predicted molar refractivity (Wildman–Crippen MR) is 80.9 cm³/mol. The van der Waals surface area contributed by atoms with Crippen molar-refractivity contribution in [3.8, 4) is 0 Å². The Hall–Kier alpha value is -1.26. The molecule has 0 aromatic rings. The van der Waals surface area contributed by atoms with E-state index in [0.717, 1.165) is 51.5 Å². The zero-order chi connectivity index (χ0) is 15.2. The Kier molecular flexibility index (Phi) is 5.88. The average molecular weight is 296 g/mol. The number of ether oxygens (including phenoxy) is 1. The number of alkyl carbamates (subject to hydrolysis) is 1. The third kappa shape index (κ3) is 3.89. The van der Waals surface area contributed by atoms with Gasteiger partial charge in [0.2, 0.25) is 5.91 Å². The molecular formula is C16H28N2O3. The van der Waals surface area contributed by atoms with E-state index in [0.29, 0.717) is 6.04 Å². The van der Waals surface area contributed by atoms with E-state index in [1.807, 2.05) is 4.90 Å². The second-order valence-corrected chi connectivity index (χ2v) is 6.25. The third-order valence-electron chi connectivity index (χ3n) is 4.98. The molecule has 2 amide bonds. The van der Waals surface area contributed by atoms with Gasteiger partial charge in [-0.25, -0.2) is 4.79 Å². The molecule has 21 heavy (non-hydrogen) atoms. The van der Waals surface area contributed by atoms with Crippen LogP contribution in [0.1, 0.15) is 58.3 Å². The van der Waals surface area contributed by atoms with E-state index in [4.69, 9.17) is 4.74 Å². The highest BCUT2D eigenvalue weighted by Gasteiger charge is 2.37. The van der Waals surface area contributed by atoms with Gasteiger partial charge < -0.3 is 15.0 Å². The second kappa shape index (κ2) is 7.66. The van der Waals surface area contributed by atoms with Gasteiger partial charge in [0, 0.05) is 12.6 Å². The van der Waals surface area contributed by atoms with Gasteiger partial charge in [-0.05, 0) is 38.0 Å². The first-order valence-electron chi connectivity index (χ1n) is 8.32. The highest BCUT2D eigenvalue weighted by atomic mass is 16.5. The van der Waals surface area contributed by atoms with Crippen LogP contribution in [0.2, 0.25) is 0 Å². The number of carbonyl (C=O) groups excluding carboxylic acids is 2. The van der Waals surface area contributed by atoms with Gasteiger partial charge in [0.1, 0.15) is 6.04 Å². The van der Waals surface area contributed by atoms with Crippen LogP contribution >= 0.6 is 0 Å². The predicted octanol–water partition coefficient (Wildman–Crippen LogP) is 2.69. The summed E-state index contributed by atoms with van der Waals surface area (Å²) in [7, 11) is 1.35. The number of carbonyl (C=O) groups is 2. The van der Waals surface area contributed by atoms with E-state index in [-0.39, 0.29) is 11.8 Å². The topological polar surface area (TPSA) is 58.6 Å². The molecular weight excluding hydrogens is 268 g/mol. The van der Waals surface area contributed by atoms with Gasteiger partial charge in [-0.1, -0.05) is 26.2 Å². The number of nitrogens with one attached hydrogen (secondary N) is 1. The zero-order valence-corrected chi connectivity index (χ0v) is 13.3. The first-order chi connectivity index (χ1) is 10.2. The summed E-state index contributed by atoms with van der Waals surface area (Å²) in [6, 6.07) is -0.0760. The minimum atomic E-state index is -0.494. The maximum atomic E-state index is 12.9. The van der Waals surface area contributed by atoms with Crippen molar-refractivity contribution in [1.82, 2.24) is 10.2 Å². The molecule has 2 rings (SSSR count). The van der Waals surface area contributed by atoms with Gasteiger partial charge in [-0.15, -0.1) is 0 Å². The SMILES string of the molecule is CC[C@@H]1CCCN1C(=O)C(NC(=O)OC)C1CCCCC1. The lowest BCUT2D eigenvalue weighted by Crippen LogP contribution is -2.53. The first kappa shape index (κ1) is 16.1. The first-order valence-corrected chi connectivity index (χ1v) is 8.32. The van der Waals surface area contributed by atoms with Crippen molar-refractivity contribution in [2.24, 2.45) is 5.92 Å². The molecule has 1 saturated heterocycles. The maximum absolute atomic E-state index is 12.9. The minimum Gasteiger partial charge on any atom is -0.453 e. The molecule has 0 spiro atoms. The number of rotatable bonds is 4. The second-order valence-electron chi connectivity index (χ2n) is 6.25. The van der Waals surface area contributed by atoms with E-state index in [1.54, 1.807) is 0 Å². The van der Waals surface area contributed by atoms with Crippen LogP contribution in [0.3, 0.4) is 0 Å². The fourth-order valence-electron chi connectivity index (χ4n) is 3.76. The Morgan fingerprint density at radius 2 is 1.90 bits per heavy atom. The fourth-order valence-corrected chi connectivity index (χ4v) is 3.76. The largest absolute Gasteiger partial charge is 0.453 e. The molecule has 1 heterocycles. The molecule has 2 atom stereocenters. The average Bonchev–Trinajstić information content (AvgIpc) is 3.01. The molecule has 2 aliphatic rings. The molecule has 0 radical (unpaired) electrons. The summed E-state index contributed by atoms with van der Waals surface area (Å²) in [6.45, 7) is 2.95. The highest BCUT2D eigenvalue weighted by Crippen LogP contribution is 2.29. The lowest BCUT2D eigenvalue weighted by Gasteiger charge is -2.34. The fraction of sp³-hybridized carbons (Fsp3) is 0.875. The van der Waals surface area contributed by atoms with Gasteiger partial charge in [-0.2, -0.15) is 0 Å². The van der Waals surface area contributed by atoms with Gasteiger partial charge in [0.15, 0.2) is 0 Å². The molecule has 1 unspecified atom stereocenters. The monoisotopic (exact) mass is 296 g/mol. The van der Waals surface area contributed by atoms with Crippen molar-refractivity contribution in [3.05, 3.63) is 0 Å². The third-order valence-corrected chi connectivity index (χ3v) is 4.98. The smallest absolute Gasteiger partial charge is 0.407 e. The lowest BCUT2D eigenvalue weighted by molar-refractivity contribution is -0.136. The van der Waals surface area contributed by atoms with E-state index in [2.05, 4.69) is 12.2 Å². The van der Waals surface area contributed by atoms with Crippen LogP contribution in [-0.4, -0.2) is 42.6 Å². The summed E-state index contributed by atoms with van der Waals surface area (Å²) in [5.74, 6) is 0.347. The molecule has 0 aromatic carbocycles. The Bertz CT molecular complexity index is 367. The molecule has 1 aliphatic heterocycles. The number of hydrogen-bond donors (Lipinski definition) is 1. The van der Waals surface area contributed by atoms with E-state index in [1.165, 1.54) is 13.5 Å². The minimum absolute atomic E-state index is 0.0941. The zero-order valence-electron chi connectivity index (χ0n) is 13.3. The standard InChI is InChI=1S/C16H28N2O3/c1-3-13-10-7-11-18(13)15(19)14(17-16(20)21-2)12-8-5-4-6-9-12/h12-14H,3-11H2,1-2H3,(H,17,20)/t13-,14?/m1/s1. The Morgan fingerprint density at radius 1 is 1.19 bits per heavy atom. The molecule has 1 N–H and O–H groups in total. The van der Waals surface area contributed by atoms with Crippen LogP contribution in [0.15, 0.2) is 0 Å². The van der Waals surface area contributed by atoms with Gasteiger partial charge in [-0.3, -0.25) is 4.79 Å². The number of methoxy groups -OCH3 is 1. The molecule has 1 aliphatic carbocycles. The molecule has 0 bridgehead atoms. The highest BCUT2D eigenvalue weighted by molar-refractivity contribution is 5.86. The number of likely N-dealkylation sites (tertiary alicyclic amines) is 1. The van der Waals surface area contributed by atoms with Crippen molar-refractivity contribution in [2.45, 2.75) is 70.4 Å². The molecule has 5 heteroatoms.